The molecule has 1 aliphatic rings. The molecular weight excluding hydrogens is 320 g/mol. The number of aliphatic carboxylic acids is 1. The van der Waals surface area contributed by atoms with Gasteiger partial charge in [0, 0.05) is 18.1 Å². The number of carboxylic acids is 1. The number of phenolic OH excluding ortho intramolecular Hbond substituents is 2. The van der Waals surface area contributed by atoms with E-state index in [1.54, 1.807) is 0 Å². The second kappa shape index (κ2) is 7.16. The number of carbonyl (C=O) groups excluding carboxylic acids is 1. The zero-order chi connectivity index (χ0) is 17.9. The van der Waals surface area contributed by atoms with Crippen molar-refractivity contribution in [3.8, 4) is 11.5 Å². The highest BCUT2D eigenvalue weighted by Gasteiger charge is 2.35. The third-order valence-electron chi connectivity index (χ3n) is 3.48. The van der Waals surface area contributed by atoms with E-state index in [-0.39, 0.29) is 23.5 Å². The minimum atomic E-state index is -1.44. The number of hydrogen-bond donors (Lipinski definition) is 5. The number of hydrogen-bond acceptors (Lipinski definition) is 7. The van der Waals surface area contributed by atoms with Gasteiger partial charge >= 0.3 is 11.9 Å². The van der Waals surface area contributed by atoms with Gasteiger partial charge in [-0.3, -0.25) is 0 Å². The predicted octanol–water partition coefficient (Wildman–Crippen LogP) is 0.159. The molecule has 0 fully saturated rings. The zero-order valence-corrected chi connectivity index (χ0v) is 12.4. The molecule has 0 saturated carbocycles. The minimum absolute atomic E-state index is 0.155. The summed E-state index contributed by atoms with van der Waals surface area (Å²) in [4.78, 5) is 22.7. The summed E-state index contributed by atoms with van der Waals surface area (Å²) in [5, 5.41) is 46.9. The maximum Gasteiger partial charge on any atom is 0.331 e. The molecule has 0 spiro atoms. The molecule has 0 radical (unpaired) electrons. The van der Waals surface area contributed by atoms with Gasteiger partial charge < -0.3 is 30.3 Å². The second-order valence-corrected chi connectivity index (χ2v) is 5.24. The highest BCUT2D eigenvalue weighted by Crippen LogP contribution is 2.26. The van der Waals surface area contributed by atoms with Crippen molar-refractivity contribution in [3.63, 3.8) is 0 Å². The van der Waals surface area contributed by atoms with Crippen molar-refractivity contribution in [1.29, 1.82) is 0 Å². The summed E-state index contributed by atoms with van der Waals surface area (Å²) >= 11 is 0. The Morgan fingerprint density at radius 3 is 2.50 bits per heavy atom. The van der Waals surface area contributed by atoms with E-state index in [9.17, 15) is 30.0 Å². The van der Waals surface area contributed by atoms with Gasteiger partial charge in [-0.05, 0) is 29.8 Å². The molecule has 2 rings (SSSR count). The summed E-state index contributed by atoms with van der Waals surface area (Å²) in [5.74, 6) is -2.78. The lowest BCUT2D eigenvalue weighted by Gasteiger charge is -2.29. The van der Waals surface area contributed by atoms with Crippen LogP contribution in [0.3, 0.4) is 0 Å². The lowest BCUT2D eigenvalue weighted by molar-refractivity contribution is -0.154. The smallest absolute Gasteiger partial charge is 0.331 e. The molecule has 24 heavy (non-hydrogen) atoms. The van der Waals surface area contributed by atoms with E-state index in [0.29, 0.717) is 5.56 Å². The third-order valence-corrected chi connectivity index (χ3v) is 3.48. The number of aliphatic hydroxyl groups excluding tert-OH is 2. The monoisotopic (exact) mass is 336 g/mol. The van der Waals surface area contributed by atoms with Gasteiger partial charge in [0.25, 0.3) is 0 Å². The summed E-state index contributed by atoms with van der Waals surface area (Å²) < 4.78 is 4.98. The molecule has 128 valence electrons. The van der Waals surface area contributed by atoms with Crippen LogP contribution in [-0.4, -0.2) is 55.8 Å². The maximum atomic E-state index is 11.8. The number of benzene rings is 1. The highest BCUT2D eigenvalue weighted by atomic mass is 16.6. The van der Waals surface area contributed by atoms with E-state index in [4.69, 9.17) is 9.84 Å². The molecule has 0 saturated heterocycles. The topological polar surface area (TPSA) is 145 Å². The van der Waals surface area contributed by atoms with Gasteiger partial charge in [0.05, 0.1) is 0 Å². The molecule has 8 heteroatoms. The molecule has 8 nitrogen and oxygen atoms in total. The Hall–Kier alpha value is -2.84. The Kier molecular flexibility index (Phi) is 5.22. The molecule has 0 heterocycles. The first kappa shape index (κ1) is 17.5. The van der Waals surface area contributed by atoms with E-state index >= 15 is 0 Å². The molecule has 5 N–H and O–H groups in total. The van der Waals surface area contributed by atoms with Crippen molar-refractivity contribution in [1.82, 2.24) is 0 Å². The molecule has 1 aromatic carbocycles. The van der Waals surface area contributed by atoms with Crippen LogP contribution in [0.1, 0.15) is 12.0 Å². The normalized spacial score (nSPS) is 23.8. The average Bonchev–Trinajstić information content (AvgIpc) is 2.52. The largest absolute Gasteiger partial charge is 0.504 e. The quantitative estimate of drug-likeness (QED) is 0.297. The number of esters is 1. The number of ether oxygens (including phenoxy) is 1. The highest BCUT2D eigenvalue weighted by molar-refractivity contribution is 5.88. The van der Waals surface area contributed by atoms with Crippen molar-refractivity contribution in [2.45, 2.75) is 24.7 Å². The summed E-state index contributed by atoms with van der Waals surface area (Å²) in [7, 11) is 0. The Balaban J connectivity index is 2.03. The minimum Gasteiger partial charge on any atom is -0.504 e. The van der Waals surface area contributed by atoms with Crippen LogP contribution in [0.2, 0.25) is 0 Å². The fourth-order valence-electron chi connectivity index (χ4n) is 2.20. The van der Waals surface area contributed by atoms with Crippen molar-refractivity contribution in [3.05, 3.63) is 41.5 Å². The van der Waals surface area contributed by atoms with Crippen LogP contribution in [0.25, 0.3) is 6.08 Å². The van der Waals surface area contributed by atoms with Crippen LogP contribution in [0.5, 0.6) is 11.5 Å². The zero-order valence-electron chi connectivity index (χ0n) is 12.4. The Bertz CT molecular complexity index is 706. The van der Waals surface area contributed by atoms with Crippen molar-refractivity contribution in [2.75, 3.05) is 0 Å². The van der Waals surface area contributed by atoms with Gasteiger partial charge in [-0.15, -0.1) is 0 Å². The first-order valence-corrected chi connectivity index (χ1v) is 6.98. The van der Waals surface area contributed by atoms with E-state index in [2.05, 4.69) is 0 Å². The van der Waals surface area contributed by atoms with E-state index < -0.39 is 30.3 Å². The second-order valence-electron chi connectivity index (χ2n) is 5.24. The van der Waals surface area contributed by atoms with Crippen LogP contribution >= 0.6 is 0 Å². The van der Waals surface area contributed by atoms with Gasteiger partial charge in [-0.2, -0.15) is 0 Å². The summed E-state index contributed by atoms with van der Waals surface area (Å²) in [6, 6.07) is 3.92. The molecule has 1 aliphatic carbocycles. The molecule has 1 aromatic rings. The Morgan fingerprint density at radius 1 is 1.17 bits per heavy atom. The predicted molar refractivity (Wildman–Crippen MR) is 81.0 cm³/mol. The van der Waals surface area contributed by atoms with Crippen LogP contribution in [0.4, 0.5) is 0 Å². The molecule has 0 aliphatic heterocycles. The van der Waals surface area contributed by atoms with Gasteiger partial charge in [0.15, 0.2) is 11.5 Å². The van der Waals surface area contributed by atoms with Crippen LogP contribution < -0.4 is 0 Å². The number of phenols is 2. The van der Waals surface area contributed by atoms with Gasteiger partial charge in [-0.1, -0.05) is 6.07 Å². The number of aliphatic hydroxyl groups is 2. The van der Waals surface area contributed by atoms with Crippen molar-refractivity contribution < 1.29 is 39.9 Å². The molecular formula is C16H16O8. The summed E-state index contributed by atoms with van der Waals surface area (Å²) in [5.41, 5.74) is 0.260. The lowest BCUT2D eigenvalue weighted by atomic mass is 9.92. The average molecular weight is 336 g/mol. The Morgan fingerprint density at radius 2 is 1.88 bits per heavy atom. The third kappa shape index (κ3) is 4.12. The van der Waals surface area contributed by atoms with Crippen molar-refractivity contribution in [2.24, 2.45) is 0 Å². The maximum absolute atomic E-state index is 11.8. The first-order valence-electron chi connectivity index (χ1n) is 6.98. The standard InChI is InChI=1S/C16H16O8/c17-10-3-1-8(5-11(10)18)2-4-14(20)24-13-7-9(16(22)23)6-12(19)15(13)21/h1-6,12-13,15,17-19,21H,7H2,(H,22,23)/b4-2+. The van der Waals surface area contributed by atoms with Crippen LogP contribution in [-0.2, 0) is 14.3 Å². The molecule has 3 unspecified atom stereocenters. The number of carbonyl (C=O) groups is 2. The number of rotatable bonds is 4. The summed E-state index contributed by atoms with van der Waals surface area (Å²) in [6.07, 6.45) is -0.963. The van der Waals surface area contributed by atoms with Crippen LogP contribution in [0.15, 0.2) is 35.9 Å². The lowest BCUT2D eigenvalue weighted by Crippen LogP contribution is -2.43. The molecule has 0 amide bonds. The van der Waals surface area contributed by atoms with E-state index in [0.717, 1.165) is 12.2 Å². The first-order chi connectivity index (χ1) is 11.3. The number of carboxylic acid groups (broad SMARTS) is 1. The Labute approximate surface area is 136 Å². The molecule has 0 bridgehead atoms. The van der Waals surface area contributed by atoms with Crippen molar-refractivity contribution >= 4 is 18.0 Å². The molecule has 0 aromatic heterocycles. The van der Waals surface area contributed by atoms with Gasteiger partial charge in [-0.25, -0.2) is 9.59 Å². The number of aromatic hydroxyl groups is 2. The fraction of sp³-hybridized carbons (Fsp3) is 0.250. The van der Waals surface area contributed by atoms with E-state index in [1.807, 2.05) is 0 Å². The van der Waals surface area contributed by atoms with Gasteiger partial charge in [0.2, 0.25) is 0 Å². The molecule has 3 atom stereocenters. The van der Waals surface area contributed by atoms with Crippen LogP contribution in [0, 0.1) is 0 Å². The van der Waals surface area contributed by atoms with Gasteiger partial charge in [0.1, 0.15) is 18.3 Å². The SMILES string of the molecule is O=C(/C=C/c1ccc(O)c(O)c1)OC1CC(C(=O)O)=CC(O)C1O. The summed E-state index contributed by atoms with van der Waals surface area (Å²) in [6.45, 7) is 0. The van der Waals surface area contributed by atoms with E-state index in [1.165, 1.54) is 24.3 Å². The fourth-order valence-corrected chi connectivity index (χ4v) is 2.20.